The number of hydrogen-bond acceptors (Lipinski definition) is 5. The summed E-state index contributed by atoms with van der Waals surface area (Å²) in [5, 5.41) is 11.8. The zero-order valence-corrected chi connectivity index (χ0v) is 18.2. The van der Waals surface area contributed by atoms with E-state index in [0.29, 0.717) is 16.5 Å². The van der Waals surface area contributed by atoms with Crippen molar-refractivity contribution in [3.8, 4) is 11.5 Å². The Balaban J connectivity index is 1.28. The first kappa shape index (κ1) is 21.5. The molecule has 9 heteroatoms. The van der Waals surface area contributed by atoms with E-state index in [9.17, 15) is 4.79 Å². The molecule has 0 unspecified atom stereocenters. The van der Waals surface area contributed by atoms with Gasteiger partial charge in [0.25, 0.3) is 5.91 Å². The Morgan fingerprint density at radius 2 is 1.81 bits per heavy atom. The highest BCUT2D eigenvalue weighted by Crippen LogP contribution is 2.17. The Labute approximate surface area is 190 Å². The second kappa shape index (κ2) is 10.0. The first-order chi connectivity index (χ1) is 15.6. The van der Waals surface area contributed by atoms with Gasteiger partial charge in [0.1, 0.15) is 11.5 Å². The van der Waals surface area contributed by atoms with Crippen molar-refractivity contribution in [1.82, 2.24) is 19.6 Å². The van der Waals surface area contributed by atoms with Crippen molar-refractivity contribution in [2.75, 3.05) is 5.32 Å². The Hall–Kier alpha value is -3.78. The largest absolute Gasteiger partial charge is 0.471 e. The van der Waals surface area contributed by atoms with Crippen LogP contribution < -0.4 is 14.8 Å². The van der Waals surface area contributed by atoms with Crippen molar-refractivity contribution in [3.05, 3.63) is 89.5 Å². The second-order valence-corrected chi connectivity index (χ2v) is 7.40. The van der Waals surface area contributed by atoms with E-state index < -0.39 is 0 Å². The highest BCUT2D eigenvalue weighted by Gasteiger charge is 2.11. The normalized spacial score (nSPS) is 10.7. The molecular formula is C23H22ClN5O3. The lowest BCUT2D eigenvalue weighted by atomic mass is 10.2. The third-order valence-corrected chi connectivity index (χ3v) is 4.85. The molecule has 0 saturated carbocycles. The molecule has 1 N–H and O–H groups in total. The summed E-state index contributed by atoms with van der Waals surface area (Å²) in [5.74, 6) is 1.03. The number of ether oxygens (including phenoxy) is 2. The van der Waals surface area contributed by atoms with Crippen LogP contribution in [0.15, 0.2) is 73.2 Å². The highest BCUT2D eigenvalue weighted by atomic mass is 35.5. The van der Waals surface area contributed by atoms with Crippen molar-refractivity contribution in [1.29, 1.82) is 0 Å². The third-order valence-electron chi connectivity index (χ3n) is 4.62. The van der Waals surface area contributed by atoms with Crippen LogP contribution >= 0.6 is 11.6 Å². The monoisotopic (exact) mass is 451 g/mol. The fourth-order valence-corrected chi connectivity index (χ4v) is 3.09. The van der Waals surface area contributed by atoms with E-state index >= 15 is 0 Å². The van der Waals surface area contributed by atoms with Crippen LogP contribution in [0.2, 0.25) is 5.02 Å². The molecule has 0 aliphatic rings. The number of anilines is 1. The van der Waals surface area contributed by atoms with E-state index in [1.54, 1.807) is 53.6 Å². The number of aryl methyl sites for hydroxylation is 1. The number of nitrogens with zero attached hydrogens (tertiary/aromatic N) is 4. The molecule has 0 spiro atoms. The fourth-order valence-electron chi connectivity index (χ4n) is 2.91. The number of carbonyl (C=O) groups excluding carboxylic acids is 1. The van der Waals surface area contributed by atoms with E-state index in [1.165, 1.54) is 10.2 Å². The lowest BCUT2D eigenvalue weighted by molar-refractivity contribution is 0.102. The van der Waals surface area contributed by atoms with Crippen molar-refractivity contribution >= 4 is 23.2 Å². The second-order valence-electron chi connectivity index (χ2n) is 6.96. The molecule has 0 radical (unpaired) electrons. The first-order valence-electron chi connectivity index (χ1n) is 10.1. The van der Waals surface area contributed by atoms with Gasteiger partial charge in [-0.05, 0) is 48.4 Å². The molecule has 4 aromatic rings. The first-order valence-corrected chi connectivity index (χ1v) is 10.4. The average Bonchev–Trinajstić information content (AvgIpc) is 3.46. The maximum absolute atomic E-state index is 12.5. The van der Waals surface area contributed by atoms with Crippen LogP contribution in [0.4, 0.5) is 5.69 Å². The van der Waals surface area contributed by atoms with Gasteiger partial charge in [-0.1, -0.05) is 36.7 Å². The van der Waals surface area contributed by atoms with Crippen molar-refractivity contribution in [2.45, 2.75) is 26.8 Å². The maximum atomic E-state index is 12.5. The molecule has 164 valence electrons. The molecule has 0 fully saturated rings. The number of halogens is 1. The van der Waals surface area contributed by atoms with Gasteiger partial charge in [-0.2, -0.15) is 10.2 Å². The van der Waals surface area contributed by atoms with Crippen molar-refractivity contribution in [2.24, 2.45) is 0 Å². The summed E-state index contributed by atoms with van der Waals surface area (Å²) in [6, 6.07) is 16.6. The number of benzene rings is 2. The number of nitrogens with one attached hydrogen (secondary N) is 1. The van der Waals surface area contributed by atoms with E-state index in [2.05, 4.69) is 22.4 Å². The molecule has 0 atom stereocenters. The number of aromatic nitrogens is 4. The minimum atomic E-state index is -0.345. The Morgan fingerprint density at radius 1 is 1.03 bits per heavy atom. The molecule has 0 aliphatic carbocycles. The van der Waals surface area contributed by atoms with Crippen LogP contribution in [0.25, 0.3) is 0 Å². The van der Waals surface area contributed by atoms with E-state index in [4.69, 9.17) is 21.1 Å². The van der Waals surface area contributed by atoms with Crippen LogP contribution in [0.3, 0.4) is 0 Å². The SMILES string of the molecule is CCc1ccc(OCn2cc(NC(=O)c3ccn(COc4cccc(Cl)c4)n3)cn2)cc1. The van der Waals surface area contributed by atoms with Crippen molar-refractivity contribution < 1.29 is 14.3 Å². The molecule has 32 heavy (non-hydrogen) atoms. The number of rotatable bonds is 9. The molecule has 0 bridgehead atoms. The molecule has 1 amide bonds. The predicted octanol–water partition coefficient (Wildman–Crippen LogP) is 4.62. The van der Waals surface area contributed by atoms with E-state index in [0.717, 1.165) is 12.2 Å². The van der Waals surface area contributed by atoms with E-state index in [1.807, 2.05) is 24.3 Å². The van der Waals surface area contributed by atoms with Crippen LogP contribution in [0.5, 0.6) is 11.5 Å². The number of hydrogen-bond donors (Lipinski definition) is 1. The third kappa shape index (κ3) is 5.67. The standard InChI is InChI=1S/C23H22ClN5O3/c1-2-17-6-8-20(9-7-17)31-16-29-14-19(13-25-29)26-23(30)22-10-11-28(27-22)15-32-21-5-3-4-18(24)12-21/h3-14H,2,15-16H2,1H3,(H,26,30). The van der Waals surface area contributed by atoms with Crippen LogP contribution in [0.1, 0.15) is 23.0 Å². The van der Waals surface area contributed by atoms with Crippen LogP contribution in [-0.2, 0) is 19.9 Å². The van der Waals surface area contributed by atoms with Gasteiger partial charge in [0.15, 0.2) is 19.2 Å². The summed E-state index contributed by atoms with van der Waals surface area (Å²) >= 11 is 5.94. The number of amides is 1. The van der Waals surface area contributed by atoms with Gasteiger partial charge in [-0.25, -0.2) is 9.36 Å². The predicted molar refractivity (Wildman–Crippen MR) is 121 cm³/mol. The van der Waals surface area contributed by atoms with Gasteiger partial charge in [-0.3, -0.25) is 4.79 Å². The molecule has 2 heterocycles. The van der Waals surface area contributed by atoms with Crippen LogP contribution in [-0.4, -0.2) is 25.5 Å². The highest BCUT2D eigenvalue weighted by molar-refractivity contribution is 6.30. The average molecular weight is 452 g/mol. The van der Waals surface area contributed by atoms with Gasteiger partial charge in [-0.15, -0.1) is 0 Å². The molecule has 8 nitrogen and oxygen atoms in total. The molecule has 2 aromatic heterocycles. The summed E-state index contributed by atoms with van der Waals surface area (Å²) < 4.78 is 14.5. The lowest BCUT2D eigenvalue weighted by Crippen LogP contribution is -2.14. The fraction of sp³-hybridized carbons (Fsp3) is 0.174. The van der Waals surface area contributed by atoms with Gasteiger partial charge < -0.3 is 14.8 Å². The van der Waals surface area contributed by atoms with Crippen molar-refractivity contribution in [3.63, 3.8) is 0 Å². The quantitative estimate of drug-likeness (QED) is 0.401. The van der Waals surface area contributed by atoms with Gasteiger partial charge >= 0.3 is 0 Å². The lowest BCUT2D eigenvalue weighted by Gasteiger charge is -2.06. The zero-order chi connectivity index (χ0) is 22.3. The topological polar surface area (TPSA) is 83.2 Å². The van der Waals surface area contributed by atoms with Crippen LogP contribution in [0, 0.1) is 0 Å². The Kier molecular flexibility index (Phi) is 6.72. The molecule has 0 saturated heterocycles. The minimum Gasteiger partial charge on any atom is -0.471 e. The summed E-state index contributed by atoms with van der Waals surface area (Å²) in [6.45, 7) is 2.49. The zero-order valence-electron chi connectivity index (χ0n) is 17.4. The summed E-state index contributed by atoms with van der Waals surface area (Å²) in [5.41, 5.74) is 2.06. The Morgan fingerprint density at radius 3 is 2.59 bits per heavy atom. The smallest absolute Gasteiger partial charge is 0.276 e. The summed E-state index contributed by atoms with van der Waals surface area (Å²) in [6.07, 6.45) is 5.90. The summed E-state index contributed by atoms with van der Waals surface area (Å²) in [4.78, 5) is 12.5. The van der Waals surface area contributed by atoms with Gasteiger partial charge in [0.2, 0.25) is 0 Å². The number of carbonyl (C=O) groups is 1. The molecular weight excluding hydrogens is 430 g/mol. The van der Waals surface area contributed by atoms with Gasteiger partial charge in [0, 0.05) is 11.2 Å². The minimum absolute atomic E-state index is 0.155. The molecule has 0 aliphatic heterocycles. The summed E-state index contributed by atoms with van der Waals surface area (Å²) in [7, 11) is 0. The maximum Gasteiger partial charge on any atom is 0.276 e. The van der Waals surface area contributed by atoms with Gasteiger partial charge in [0.05, 0.1) is 18.1 Å². The molecule has 2 aromatic carbocycles. The van der Waals surface area contributed by atoms with E-state index in [-0.39, 0.29) is 25.1 Å². The Bertz CT molecular complexity index is 1190. The molecule has 4 rings (SSSR count).